The zero-order chi connectivity index (χ0) is 21.1. The van der Waals surface area contributed by atoms with Crippen LogP contribution in [-0.2, 0) is 19.3 Å². The van der Waals surface area contributed by atoms with E-state index in [4.69, 9.17) is 0 Å². The molecule has 3 heteroatoms. The van der Waals surface area contributed by atoms with Gasteiger partial charge in [0.15, 0.2) is 17.5 Å². The molecule has 0 saturated carbocycles. The molecule has 4 rings (SSSR count). The van der Waals surface area contributed by atoms with E-state index >= 15 is 0 Å². The van der Waals surface area contributed by atoms with Gasteiger partial charge in [-0.2, -0.15) is 0 Å². The fourth-order valence-electron chi connectivity index (χ4n) is 3.94. The molecule has 0 unspecified atom stereocenters. The molecule has 1 aliphatic rings. The van der Waals surface area contributed by atoms with Gasteiger partial charge in [-0.3, -0.25) is 0 Å². The molecule has 0 fully saturated rings. The van der Waals surface area contributed by atoms with Crippen LogP contribution in [0.15, 0.2) is 72.8 Å². The lowest BCUT2D eigenvalue weighted by Crippen LogP contribution is -1.97. The predicted octanol–water partition coefficient (Wildman–Crippen LogP) is 7.46. The van der Waals surface area contributed by atoms with Gasteiger partial charge >= 0.3 is 0 Å². The van der Waals surface area contributed by atoms with Crippen molar-refractivity contribution in [3.63, 3.8) is 0 Å². The van der Waals surface area contributed by atoms with E-state index in [1.54, 1.807) is 0 Å². The smallest absolute Gasteiger partial charge is 0.194 e. The Morgan fingerprint density at radius 2 is 1.43 bits per heavy atom. The van der Waals surface area contributed by atoms with Crippen LogP contribution < -0.4 is 0 Å². The number of aryl methyl sites for hydroxylation is 2. The third-order valence-electron chi connectivity index (χ3n) is 5.63. The van der Waals surface area contributed by atoms with Crippen molar-refractivity contribution in [2.24, 2.45) is 0 Å². The van der Waals surface area contributed by atoms with E-state index in [0.29, 0.717) is 18.4 Å². The SMILES string of the molecule is C=CCCC1=Cc2cc(-c3ccc(CCc4cc(F)c(F)c(F)c4)cc3)ccc2C1. The van der Waals surface area contributed by atoms with Gasteiger partial charge < -0.3 is 0 Å². The van der Waals surface area contributed by atoms with Crippen LogP contribution in [0.3, 0.4) is 0 Å². The quantitative estimate of drug-likeness (QED) is 0.283. The minimum atomic E-state index is -1.42. The summed E-state index contributed by atoms with van der Waals surface area (Å²) in [5.74, 6) is -3.70. The molecule has 3 aromatic rings. The second-order valence-electron chi connectivity index (χ2n) is 7.79. The molecule has 0 aromatic heterocycles. The van der Waals surface area contributed by atoms with E-state index in [2.05, 4.69) is 43.0 Å². The third kappa shape index (κ3) is 4.40. The second kappa shape index (κ2) is 8.74. The monoisotopic (exact) mass is 404 g/mol. The molecule has 0 aliphatic heterocycles. The van der Waals surface area contributed by atoms with Gasteiger partial charge in [0.25, 0.3) is 0 Å². The zero-order valence-electron chi connectivity index (χ0n) is 16.7. The maximum atomic E-state index is 13.4. The molecule has 0 heterocycles. The summed E-state index contributed by atoms with van der Waals surface area (Å²) in [7, 11) is 0. The highest BCUT2D eigenvalue weighted by molar-refractivity contribution is 5.72. The lowest BCUT2D eigenvalue weighted by molar-refractivity contribution is 0.445. The third-order valence-corrected chi connectivity index (χ3v) is 5.63. The summed E-state index contributed by atoms with van der Waals surface area (Å²) >= 11 is 0. The van der Waals surface area contributed by atoms with Crippen LogP contribution in [-0.4, -0.2) is 0 Å². The van der Waals surface area contributed by atoms with Crippen molar-refractivity contribution in [1.29, 1.82) is 0 Å². The van der Waals surface area contributed by atoms with Crippen molar-refractivity contribution in [3.05, 3.63) is 113 Å². The fourth-order valence-corrected chi connectivity index (χ4v) is 3.94. The van der Waals surface area contributed by atoms with Crippen LogP contribution in [0, 0.1) is 17.5 Å². The number of hydrogen-bond acceptors (Lipinski definition) is 0. The van der Waals surface area contributed by atoms with Gasteiger partial charge in [-0.1, -0.05) is 54.1 Å². The first kappa shape index (κ1) is 20.2. The molecule has 0 spiro atoms. The highest BCUT2D eigenvalue weighted by Crippen LogP contribution is 2.31. The summed E-state index contributed by atoms with van der Waals surface area (Å²) in [5.41, 5.74) is 7.93. The molecule has 152 valence electrons. The van der Waals surface area contributed by atoms with Crippen molar-refractivity contribution >= 4 is 6.08 Å². The fraction of sp³-hybridized carbons (Fsp3) is 0.185. The molecule has 0 atom stereocenters. The summed E-state index contributed by atoms with van der Waals surface area (Å²) in [5, 5.41) is 0. The molecule has 0 radical (unpaired) electrons. The first-order valence-corrected chi connectivity index (χ1v) is 10.2. The van der Waals surface area contributed by atoms with E-state index in [1.807, 2.05) is 18.2 Å². The molecule has 3 aromatic carbocycles. The lowest BCUT2D eigenvalue weighted by Gasteiger charge is -2.08. The Morgan fingerprint density at radius 3 is 2.13 bits per heavy atom. The molecular weight excluding hydrogens is 381 g/mol. The van der Waals surface area contributed by atoms with Crippen LogP contribution in [0.1, 0.15) is 35.1 Å². The standard InChI is InChI=1S/C27H23F3/c1-2-3-4-19-13-22-11-12-23(17-24(22)14-19)21-9-7-18(8-10-21)5-6-20-15-25(28)27(30)26(29)16-20/h2,7-12,14-17H,1,3-6,13H2. The van der Waals surface area contributed by atoms with Crippen LogP contribution in [0.5, 0.6) is 0 Å². The van der Waals surface area contributed by atoms with Gasteiger partial charge in [0.1, 0.15) is 0 Å². The Labute approximate surface area is 175 Å². The Bertz CT molecular complexity index is 1080. The Kier molecular flexibility index (Phi) is 5.89. The number of fused-ring (bicyclic) bond motifs is 1. The number of allylic oxidation sites excluding steroid dienone is 2. The van der Waals surface area contributed by atoms with Crippen LogP contribution >= 0.6 is 0 Å². The summed E-state index contributed by atoms with van der Waals surface area (Å²) in [6.45, 7) is 3.80. The molecule has 1 aliphatic carbocycles. The Hall–Kier alpha value is -3.07. The van der Waals surface area contributed by atoms with Crippen molar-refractivity contribution in [2.45, 2.75) is 32.1 Å². The van der Waals surface area contributed by atoms with Gasteiger partial charge in [0.05, 0.1) is 0 Å². The van der Waals surface area contributed by atoms with Crippen LogP contribution in [0.4, 0.5) is 13.2 Å². The van der Waals surface area contributed by atoms with E-state index < -0.39 is 17.5 Å². The summed E-state index contributed by atoms with van der Waals surface area (Å²) in [6, 6.07) is 16.9. The molecule has 0 N–H and O–H groups in total. The van der Waals surface area contributed by atoms with Crippen LogP contribution in [0.25, 0.3) is 17.2 Å². The predicted molar refractivity (Wildman–Crippen MR) is 117 cm³/mol. The molecule has 0 bridgehead atoms. The normalized spacial score (nSPS) is 12.6. The molecule has 0 amide bonds. The average molecular weight is 404 g/mol. The van der Waals surface area contributed by atoms with E-state index in [1.165, 1.54) is 22.3 Å². The number of benzene rings is 3. The van der Waals surface area contributed by atoms with Crippen molar-refractivity contribution in [1.82, 2.24) is 0 Å². The molecule has 0 saturated heterocycles. The summed E-state index contributed by atoms with van der Waals surface area (Å²) < 4.78 is 39.8. The lowest BCUT2D eigenvalue weighted by atomic mass is 9.98. The van der Waals surface area contributed by atoms with E-state index in [-0.39, 0.29) is 0 Å². The van der Waals surface area contributed by atoms with Gasteiger partial charge in [-0.15, -0.1) is 6.58 Å². The highest BCUT2D eigenvalue weighted by Gasteiger charge is 2.13. The van der Waals surface area contributed by atoms with Crippen molar-refractivity contribution in [3.8, 4) is 11.1 Å². The summed E-state index contributed by atoms with van der Waals surface area (Å²) in [6.07, 6.45) is 8.41. The van der Waals surface area contributed by atoms with E-state index in [0.717, 1.165) is 42.5 Å². The van der Waals surface area contributed by atoms with Gasteiger partial charge in [0.2, 0.25) is 0 Å². The van der Waals surface area contributed by atoms with E-state index in [9.17, 15) is 13.2 Å². The van der Waals surface area contributed by atoms with Gasteiger partial charge in [-0.05, 0) is 83.7 Å². The first-order valence-electron chi connectivity index (χ1n) is 10.2. The zero-order valence-corrected chi connectivity index (χ0v) is 16.7. The van der Waals surface area contributed by atoms with Crippen molar-refractivity contribution < 1.29 is 13.2 Å². The molecular formula is C27H23F3. The van der Waals surface area contributed by atoms with Crippen LogP contribution in [0.2, 0.25) is 0 Å². The van der Waals surface area contributed by atoms with Crippen molar-refractivity contribution in [2.75, 3.05) is 0 Å². The topological polar surface area (TPSA) is 0 Å². The Morgan fingerprint density at radius 1 is 0.767 bits per heavy atom. The largest absolute Gasteiger partial charge is 0.204 e. The molecule has 30 heavy (non-hydrogen) atoms. The maximum absolute atomic E-state index is 13.4. The number of hydrogen-bond donors (Lipinski definition) is 0. The minimum absolute atomic E-state index is 0.449. The average Bonchev–Trinajstić information content (AvgIpc) is 3.17. The summed E-state index contributed by atoms with van der Waals surface area (Å²) in [4.78, 5) is 0. The van der Waals surface area contributed by atoms with Gasteiger partial charge in [-0.25, -0.2) is 13.2 Å². The highest BCUT2D eigenvalue weighted by atomic mass is 19.2. The first-order chi connectivity index (χ1) is 14.5. The number of rotatable bonds is 7. The Balaban J connectivity index is 1.44. The number of halogens is 3. The minimum Gasteiger partial charge on any atom is -0.204 e. The second-order valence-corrected chi connectivity index (χ2v) is 7.79. The maximum Gasteiger partial charge on any atom is 0.194 e. The molecule has 0 nitrogen and oxygen atoms in total. The van der Waals surface area contributed by atoms with Gasteiger partial charge in [0, 0.05) is 0 Å².